The van der Waals surface area contributed by atoms with Gasteiger partial charge in [-0.25, -0.2) is 4.98 Å². The van der Waals surface area contributed by atoms with Crippen LogP contribution >= 0.6 is 11.3 Å². The number of anilines is 1. The molecule has 0 saturated heterocycles. The summed E-state index contributed by atoms with van der Waals surface area (Å²) in [6.45, 7) is 1.61. The first-order chi connectivity index (χ1) is 14.3. The molecule has 2 aliphatic rings. The number of alkyl halides is 3. The molecule has 0 spiro atoms. The Morgan fingerprint density at radius 3 is 2.63 bits per heavy atom. The normalized spacial score (nSPS) is 22.9. The molecule has 1 N–H and O–H groups in total. The van der Waals surface area contributed by atoms with E-state index in [2.05, 4.69) is 10.1 Å². The molecule has 2 aromatic carbocycles. The fourth-order valence-electron chi connectivity index (χ4n) is 3.73. The first-order valence-corrected chi connectivity index (χ1v) is 10.1. The SMILES string of the molecule is Cc1ccc(-c2csc(N3N=C4c5ccccc5OC[C@H]4[C@]3(O)C(F)(F)F)n2)cc1. The van der Waals surface area contributed by atoms with Crippen LogP contribution in [-0.4, -0.2) is 34.3 Å². The van der Waals surface area contributed by atoms with Crippen molar-refractivity contribution in [2.75, 3.05) is 11.6 Å². The minimum absolute atomic E-state index is 0.0372. The van der Waals surface area contributed by atoms with Crippen molar-refractivity contribution in [1.29, 1.82) is 0 Å². The number of aryl methyl sites for hydroxylation is 1. The van der Waals surface area contributed by atoms with E-state index in [1.54, 1.807) is 29.6 Å². The smallest absolute Gasteiger partial charge is 0.439 e. The number of benzene rings is 2. The molecule has 9 heteroatoms. The van der Waals surface area contributed by atoms with E-state index in [4.69, 9.17) is 4.74 Å². The summed E-state index contributed by atoms with van der Waals surface area (Å²) >= 11 is 0.998. The Bertz CT molecular complexity index is 1140. The van der Waals surface area contributed by atoms with E-state index >= 15 is 0 Å². The van der Waals surface area contributed by atoms with Crippen LogP contribution in [0.2, 0.25) is 0 Å². The van der Waals surface area contributed by atoms with Gasteiger partial charge in [0.05, 0.1) is 17.3 Å². The number of aliphatic hydroxyl groups is 1. The van der Waals surface area contributed by atoms with Gasteiger partial charge in [0.15, 0.2) is 0 Å². The van der Waals surface area contributed by atoms with Crippen molar-refractivity contribution in [1.82, 2.24) is 4.98 Å². The summed E-state index contributed by atoms with van der Waals surface area (Å²) in [6, 6.07) is 14.2. The highest BCUT2D eigenvalue weighted by atomic mass is 32.1. The lowest BCUT2D eigenvalue weighted by Crippen LogP contribution is -2.61. The number of para-hydroxylation sites is 1. The van der Waals surface area contributed by atoms with Crippen LogP contribution in [0.4, 0.5) is 18.3 Å². The summed E-state index contributed by atoms with van der Waals surface area (Å²) < 4.78 is 48.0. The molecule has 0 amide bonds. The Labute approximate surface area is 174 Å². The molecule has 30 heavy (non-hydrogen) atoms. The van der Waals surface area contributed by atoms with Crippen LogP contribution in [0.1, 0.15) is 11.1 Å². The maximum absolute atomic E-state index is 14.2. The summed E-state index contributed by atoms with van der Waals surface area (Å²) in [7, 11) is 0. The Balaban J connectivity index is 1.61. The summed E-state index contributed by atoms with van der Waals surface area (Å²) in [5.41, 5.74) is -0.312. The Morgan fingerprint density at radius 2 is 1.90 bits per heavy atom. The Kier molecular flexibility index (Phi) is 4.16. The lowest BCUT2D eigenvalue weighted by molar-refractivity contribution is -0.270. The van der Waals surface area contributed by atoms with E-state index in [-0.39, 0.29) is 17.5 Å². The van der Waals surface area contributed by atoms with Gasteiger partial charge in [0.25, 0.3) is 5.72 Å². The summed E-state index contributed by atoms with van der Waals surface area (Å²) in [6.07, 6.45) is -4.98. The second-order valence-electron chi connectivity index (χ2n) is 7.26. The lowest BCUT2D eigenvalue weighted by Gasteiger charge is -2.38. The van der Waals surface area contributed by atoms with Crippen molar-refractivity contribution in [3.05, 3.63) is 65.0 Å². The first kappa shape index (κ1) is 19.1. The zero-order valence-corrected chi connectivity index (χ0v) is 16.5. The van der Waals surface area contributed by atoms with E-state index in [0.29, 0.717) is 22.0 Å². The zero-order valence-electron chi connectivity index (χ0n) is 15.7. The Morgan fingerprint density at radius 1 is 1.17 bits per heavy atom. The number of nitrogens with zero attached hydrogens (tertiary/aromatic N) is 3. The average molecular weight is 431 g/mol. The molecule has 3 aromatic rings. The van der Waals surface area contributed by atoms with Gasteiger partial charge in [0.1, 0.15) is 12.4 Å². The highest BCUT2D eigenvalue weighted by molar-refractivity contribution is 7.14. The van der Waals surface area contributed by atoms with Crippen molar-refractivity contribution in [2.24, 2.45) is 11.0 Å². The highest BCUT2D eigenvalue weighted by Crippen LogP contribution is 2.50. The number of hydrazone groups is 1. The van der Waals surface area contributed by atoms with Gasteiger partial charge in [0.2, 0.25) is 5.13 Å². The van der Waals surface area contributed by atoms with Crippen molar-refractivity contribution in [2.45, 2.75) is 18.8 Å². The number of thiazole rings is 1. The molecule has 154 valence electrons. The van der Waals surface area contributed by atoms with Crippen molar-refractivity contribution >= 4 is 22.2 Å². The van der Waals surface area contributed by atoms with Crippen LogP contribution in [0.5, 0.6) is 5.75 Å². The number of fused-ring (bicyclic) bond motifs is 3. The molecule has 0 radical (unpaired) electrons. The van der Waals surface area contributed by atoms with Crippen LogP contribution in [0.25, 0.3) is 11.3 Å². The lowest BCUT2D eigenvalue weighted by atomic mass is 9.86. The van der Waals surface area contributed by atoms with Gasteiger partial charge >= 0.3 is 6.18 Å². The van der Waals surface area contributed by atoms with Gasteiger partial charge in [-0.15, -0.1) is 11.3 Å². The van der Waals surface area contributed by atoms with Crippen LogP contribution in [0.15, 0.2) is 59.0 Å². The summed E-state index contributed by atoms with van der Waals surface area (Å²) in [5.74, 6) is -0.947. The number of ether oxygens (including phenoxy) is 1. The number of hydrogen-bond donors (Lipinski definition) is 1. The standard InChI is InChI=1S/C21H16F3N3O2S/c1-12-6-8-13(9-7-12)16-11-30-19(25-16)27-20(28,21(22,23)24)15-10-29-17-5-3-2-4-14(17)18(15)26-27/h2-9,11,15,28H,10H2,1H3/t15-,20+/m1/s1. The van der Waals surface area contributed by atoms with E-state index in [9.17, 15) is 18.3 Å². The molecule has 1 aromatic heterocycles. The predicted octanol–water partition coefficient (Wildman–Crippen LogP) is 4.60. The molecular weight excluding hydrogens is 415 g/mol. The molecular formula is C21H16F3N3O2S. The van der Waals surface area contributed by atoms with Gasteiger partial charge in [-0.1, -0.05) is 42.0 Å². The number of hydrogen-bond acceptors (Lipinski definition) is 6. The van der Waals surface area contributed by atoms with Gasteiger partial charge in [-0.3, -0.25) is 0 Å². The van der Waals surface area contributed by atoms with Crippen molar-refractivity contribution < 1.29 is 23.0 Å². The van der Waals surface area contributed by atoms with Gasteiger partial charge in [-0.2, -0.15) is 23.3 Å². The largest absolute Gasteiger partial charge is 0.492 e. The van der Waals surface area contributed by atoms with Crippen molar-refractivity contribution in [3.8, 4) is 17.0 Å². The van der Waals surface area contributed by atoms with E-state index in [1.807, 2.05) is 31.2 Å². The molecule has 5 rings (SSSR count). The maximum Gasteiger partial charge on any atom is 0.439 e. The van der Waals surface area contributed by atoms with Crippen molar-refractivity contribution in [3.63, 3.8) is 0 Å². The fourth-order valence-corrected chi connectivity index (χ4v) is 4.57. The topological polar surface area (TPSA) is 58.0 Å². The number of aromatic nitrogens is 1. The molecule has 0 saturated carbocycles. The first-order valence-electron chi connectivity index (χ1n) is 9.21. The number of halogens is 3. The second-order valence-corrected chi connectivity index (χ2v) is 8.10. The molecule has 0 fully saturated rings. The molecule has 2 aliphatic heterocycles. The molecule has 0 bridgehead atoms. The van der Waals surface area contributed by atoms with Crippen LogP contribution in [0, 0.1) is 12.8 Å². The summed E-state index contributed by atoms with van der Waals surface area (Å²) in [4.78, 5) is 4.35. The van der Waals surface area contributed by atoms with E-state index < -0.39 is 17.8 Å². The van der Waals surface area contributed by atoms with Crippen LogP contribution in [-0.2, 0) is 0 Å². The second kappa shape index (κ2) is 6.55. The third kappa shape index (κ3) is 2.73. The fraction of sp³-hybridized carbons (Fsp3) is 0.238. The van der Waals surface area contributed by atoms with E-state index in [0.717, 1.165) is 22.5 Å². The monoisotopic (exact) mass is 431 g/mol. The maximum atomic E-state index is 14.2. The van der Waals surface area contributed by atoms with E-state index in [1.165, 1.54) is 0 Å². The average Bonchev–Trinajstić information content (AvgIpc) is 3.32. The molecule has 5 nitrogen and oxygen atoms in total. The number of rotatable bonds is 2. The molecule has 2 atom stereocenters. The zero-order chi connectivity index (χ0) is 21.1. The quantitative estimate of drug-likeness (QED) is 0.644. The minimum atomic E-state index is -4.98. The molecule has 0 aliphatic carbocycles. The summed E-state index contributed by atoms with van der Waals surface area (Å²) in [5, 5.41) is 17.4. The predicted molar refractivity (Wildman–Crippen MR) is 108 cm³/mol. The van der Waals surface area contributed by atoms with Gasteiger partial charge in [0, 0.05) is 16.5 Å². The van der Waals surface area contributed by atoms with Crippen LogP contribution in [0.3, 0.4) is 0 Å². The minimum Gasteiger partial charge on any atom is -0.492 e. The van der Waals surface area contributed by atoms with Crippen LogP contribution < -0.4 is 9.75 Å². The Hall–Kier alpha value is -2.91. The highest BCUT2D eigenvalue weighted by Gasteiger charge is 2.69. The van der Waals surface area contributed by atoms with Gasteiger partial charge in [-0.05, 0) is 19.1 Å². The third-order valence-electron chi connectivity index (χ3n) is 5.35. The molecule has 0 unspecified atom stereocenters. The van der Waals surface area contributed by atoms with Gasteiger partial charge < -0.3 is 9.84 Å². The molecule has 3 heterocycles. The third-order valence-corrected chi connectivity index (χ3v) is 6.17.